The fourth-order valence-corrected chi connectivity index (χ4v) is 2.74. The Hall–Kier alpha value is -1.06. The average Bonchev–Trinajstić information content (AvgIpc) is 2.50. The van der Waals surface area contributed by atoms with E-state index in [1.54, 1.807) is 7.11 Å². The quantitative estimate of drug-likeness (QED) is 0.698. The summed E-state index contributed by atoms with van der Waals surface area (Å²) < 4.78 is 5.17. The van der Waals surface area contributed by atoms with E-state index in [-0.39, 0.29) is 6.04 Å². The monoisotopic (exact) mass is 293 g/mol. The second-order valence-corrected chi connectivity index (χ2v) is 6.00. The fourth-order valence-electron chi connectivity index (χ4n) is 2.74. The van der Waals surface area contributed by atoms with Crippen LogP contribution in [0.25, 0.3) is 0 Å². The Kier molecular flexibility index (Phi) is 7.76. The first-order valence-electron chi connectivity index (χ1n) is 8.09. The van der Waals surface area contributed by atoms with Gasteiger partial charge in [-0.1, -0.05) is 31.9 Å². The van der Waals surface area contributed by atoms with Gasteiger partial charge in [0.15, 0.2) is 0 Å². The Morgan fingerprint density at radius 2 is 1.71 bits per heavy atom. The van der Waals surface area contributed by atoms with E-state index in [4.69, 9.17) is 4.74 Å². The molecule has 0 saturated carbocycles. The molecule has 1 N–H and O–H groups in total. The number of methoxy groups -OCH3 is 1. The number of hydrogen-bond donors (Lipinski definition) is 1. The van der Waals surface area contributed by atoms with Crippen LogP contribution in [-0.4, -0.2) is 35.7 Å². The van der Waals surface area contributed by atoms with Gasteiger partial charge in [-0.3, -0.25) is 4.90 Å². The van der Waals surface area contributed by atoms with E-state index in [0.29, 0.717) is 6.04 Å². The standard InChI is InChI=1S/C18H31NO2/c1-6-7-8-13-19(14(2)3)15(4)18(20)16-9-11-17(21-5)12-10-16/h9-12,14-15,18,20H,6-8,13H2,1-5H3. The molecule has 3 heteroatoms. The van der Waals surface area contributed by atoms with Crippen molar-refractivity contribution in [2.75, 3.05) is 13.7 Å². The van der Waals surface area contributed by atoms with Crippen molar-refractivity contribution in [1.29, 1.82) is 0 Å². The van der Waals surface area contributed by atoms with Crippen molar-refractivity contribution in [2.45, 2.75) is 65.1 Å². The predicted octanol–water partition coefficient (Wildman–Crippen LogP) is 4.02. The van der Waals surface area contributed by atoms with Crippen LogP contribution in [0.3, 0.4) is 0 Å². The summed E-state index contributed by atoms with van der Waals surface area (Å²) in [7, 11) is 1.66. The number of hydrogen-bond acceptors (Lipinski definition) is 3. The summed E-state index contributed by atoms with van der Waals surface area (Å²) in [6, 6.07) is 8.25. The van der Waals surface area contributed by atoms with Crippen LogP contribution in [0.1, 0.15) is 58.6 Å². The molecule has 0 radical (unpaired) electrons. The number of aliphatic hydroxyl groups excluding tert-OH is 1. The minimum Gasteiger partial charge on any atom is -0.497 e. The third-order valence-electron chi connectivity index (χ3n) is 4.12. The lowest BCUT2D eigenvalue weighted by Gasteiger charge is -2.35. The Labute approximate surface area is 129 Å². The molecule has 2 atom stereocenters. The van der Waals surface area contributed by atoms with Crippen LogP contribution in [0.4, 0.5) is 0 Å². The first-order chi connectivity index (χ1) is 10.0. The Morgan fingerprint density at radius 1 is 1.10 bits per heavy atom. The molecule has 0 aliphatic heterocycles. The maximum atomic E-state index is 10.6. The normalized spacial score (nSPS) is 14.5. The van der Waals surface area contributed by atoms with Gasteiger partial charge in [0.05, 0.1) is 13.2 Å². The second kappa shape index (κ2) is 9.06. The molecule has 0 aliphatic carbocycles. The maximum Gasteiger partial charge on any atom is 0.118 e. The average molecular weight is 293 g/mol. The van der Waals surface area contributed by atoms with Gasteiger partial charge >= 0.3 is 0 Å². The number of ether oxygens (including phenoxy) is 1. The summed E-state index contributed by atoms with van der Waals surface area (Å²) in [6.45, 7) is 9.77. The van der Waals surface area contributed by atoms with Crippen molar-refractivity contribution in [3.05, 3.63) is 29.8 Å². The smallest absolute Gasteiger partial charge is 0.118 e. The lowest BCUT2D eigenvalue weighted by Crippen LogP contribution is -2.42. The van der Waals surface area contributed by atoms with Gasteiger partial charge in [-0.2, -0.15) is 0 Å². The molecule has 0 bridgehead atoms. The largest absolute Gasteiger partial charge is 0.497 e. The van der Waals surface area contributed by atoms with Crippen molar-refractivity contribution in [1.82, 2.24) is 4.90 Å². The summed E-state index contributed by atoms with van der Waals surface area (Å²) in [6.07, 6.45) is 3.18. The lowest BCUT2D eigenvalue weighted by atomic mass is 10.0. The number of unbranched alkanes of at least 4 members (excludes halogenated alkanes) is 2. The molecule has 0 amide bonds. The topological polar surface area (TPSA) is 32.7 Å². The molecule has 0 heterocycles. The molecule has 0 aromatic heterocycles. The number of benzene rings is 1. The van der Waals surface area contributed by atoms with Crippen LogP contribution in [0, 0.1) is 0 Å². The molecule has 0 aliphatic rings. The Morgan fingerprint density at radius 3 is 2.19 bits per heavy atom. The van der Waals surface area contributed by atoms with Crippen molar-refractivity contribution >= 4 is 0 Å². The zero-order valence-electron chi connectivity index (χ0n) is 14.2. The van der Waals surface area contributed by atoms with Crippen LogP contribution >= 0.6 is 0 Å². The molecular weight excluding hydrogens is 262 g/mol. The molecule has 0 spiro atoms. The minimum atomic E-state index is -0.472. The molecule has 1 rings (SSSR count). The zero-order chi connectivity index (χ0) is 15.8. The minimum absolute atomic E-state index is 0.107. The fraction of sp³-hybridized carbons (Fsp3) is 0.667. The Balaban J connectivity index is 2.73. The summed E-state index contributed by atoms with van der Waals surface area (Å²) >= 11 is 0. The molecule has 120 valence electrons. The van der Waals surface area contributed by atoms with E-state index >= 15 is 0 Å². The highest BCUT2D eigenvalue weighted by Crippen LogP contribution is 2.24. The maximum absolute atomic E-state index is 10.6. The predicted molar refractivity (Wildman–Crippen MR) is 88.8 cm³/mol. The van der Waals surface area contributed by atoms with Crippen molar-refractivity contribution in [2.24, 2.45) is 0 Å². The van der Waals surface area contributed by atoms with Crippen LogP contribution < -0.4 is 4.74 Å². The molecule has 0 saturated heterocycles. The Bertz CT molecular complexity index is 389. The van der Waals surface area contributed by atoms with E-state index in [1.807, 2.05) is 24.3 Å². The van der Waals surface area contributed by atoms with Crippen LogP contribution in [-0.2, 0) is 0 Å². The van der Waals surface area contributed by atoms with E-state index in [9.17, 15) is 5.11 Å². The van der Waals surface area contributed by atoms with Gasteiger partial charge < -0.3 is 9.84 Å². The van der Waals surface area contributed by atoms with Crippen molar-refractivity contribution in [3.63, 3.8) is 0 Å². The van der Waals surface area contributed by atoms with Gasteiger partial charge in [0.1, 0.15) is 5.75 Å². The van der Waals surface area contributed by atoms with E-state index in [2.05, 4.69) is 32.6 Å². The van der Waals surface area contributed by atoms with E-state index < -0.39 is 6.10 Å². The van der Waals surface area contributed by atoms with Gasteiger partial charge in [-0.25, -0.2) is 0 Å². The molecule has 0 fully saturated rings. The van der Waals surface area contributed by atoms with Gasteiger partial charge in [0.25, 0.3) is 0 Å². The van der Waals surface area contributed by atoms with Crippen LogP contribution in [0.2, 0.25) is 0 Å². The molecular formula is C18H31NO2. The summed E-state index contributed by atoms with van der Waals surface area (Å²) in [5, 5.41) is 10.6. The zero-order valence-corrected chi connectivity index (χ0v) is 14.2. The van der Waals surface area contributed by atoms with Gasteiger partial charge in [-0.05, 0) is 51.4 Å². The van der Waals surface area contributed by atoms with Gasteiger partial charge in [0.2, 0.25) is 0 Å². The molecule has 1 aromatic rings. The number of aliphatic hydroxyl groups is 1. The summed E-state index contributed by atoms with van der Waals surface area (Å²) in [5.41, 5.74) is 0.949. The van der Waals surface area contributed by atoms with Gasteiger partial charge in [-0.15, -0.1) is 0 Å². The lowest BCUT2D eigenvalue weighted by molar-refractivity contribution is 0.0390. The highest BCUT2D eigenvalue weighted by atomic mass is 16.5. The third kappa shape index (κ3) is 5.33. The summed E-state index contributed by atoms with van der Waals surface area (Å²) in [5.74, 6) is 0.822. The number of nitrogens with zero attached hydrogens (tertiary/aromatic N) is 1. The first kappa shape index (κ1) is 18.0. The SMILES string of the molecule is CCCCCN(C(C)C)C(C)C(O)c1ccc(OC)cc1. The highest BCUT2D eigenvalue weighted by molar-refractivity contribution is 5.29. The highest BCUT2D eigenvalue weighted by Gasteiger charge is 2.24. The summed E-state index contributed by atoms with van der Waals surface area (Å²) in [4.78, 5) is 2.39. The van der Waals surface area contributed by atoms with E-state index in [1.165, 1.54) is 19.3 Å². The van der Waals surface area contributed by atoms with E-state index in [0.717, 1.165) is 17.9 Å². The van der Waals surface area contributed by atoms with Crippen LogP contribution in [0.15, 0.2) is 24.3 Å². The van der Waals surface area contributed by atoms with Crippen molar-refractivity contribution < 1.29 is 9.84 Å². The molecule has 3 nitrogen and oxygen atoms in total. The second-order valence-electron chi connectivity index (χ2n) is 6.00. The van der Waals surface area contributed by atoms with Crippen molar-refractivity contribution in [3.8, 4) is 5.75 Å². The number of rotatable bonds is 9. The third-order valence-corrected chi connectivity index (χ3v) is 4.12. The van der Waals surface area contributed by atoms with Gasteiger partial charge in [0, 0.05) is 12.1 Å². The van der Waals surface area contributed by atoms with Crippen LogP contribution in [0.5, 0.6) is 5.75 Å². The molecule has 21 heavy (non-hydrogen) atoms. The molecule has 2 unspecified atom stereocenters. The molecule has 1 aromatic carbocycles. The first-order valence-corrected chi connectivity index (χ1v) is 8.09.